The van der Waals surface area contributed by atoms with Gasteiger partial charge >= 0.3 is 12.1 Å². The van der Waals surface area contributed by atoms with Gasteiger partial charge in [-0.25, -0.2) is 9.78 Å². The fraction of sp³-hybridized carbons (Fsp3) is 0.263. The number of aromatic nitrogens is 4. The summed E-state index contributed by atoms with van der Waals surface area (Å²) in [5, 5.41) is 7.52. The lowest BCUT2D eigenvalue weighted by atomic mass is 9.90. The molecule has 4 N–H and O–H groups in total. The molecule has 0 fully saturated rings. The number of nitrogens with one attached hydrogen (secondary N) is 3. The fourth-order valence-corrected chi connectivity index (χ4v) is 2.55. The molecule has 32 heavy (non-hydrogen) atoms. The van der Waals surface area contributed by atoms with Gasteiger partial charge in [-0.3, -0.25) is 9.59 Å². The van der Waals surface area contributed by atoms with E-state index < -0.39 is 23.3 Å². The molecule has 13 heteroatoms. The number of alkyl halides is 3. The van der Waals surface area contributed by atoms with E-state index in [0.29, 0.717) is 11.5 Å². The van der Waals surface area contributed by atoms with Crippen LogP contribution in [0.3, 0.4) is 0 Å². The Morgan fingerprint density at radius 2 is 1.62 bits per heavy atom. The summed E-state index contributed by atoms with van der Waals surface area (Å²) in [6, 6.07) is 3.15. The van der Waals surface area contributed by atoms with Gasteiger partial charge in [0, 0.05) is 17.2 Å². The first-order valence-corrected chi connectivity index (χ1v) is 9.21. The second kappa shape index (κ2) is 9.30. The minimum absolute atomic E-state index is 0.0752. The third-order valence-corrected chi connectivity index (χ3v) is 4.01. The molecule has 0 bridgehead atoms. The molecule has 3 aromatic heterocycles. The van der Waals surface area contributed by atoms with Crippen LogP contribution < -0.4 is 21.8 Å². The average molecular weight is 475 g/mol. The molecule has 0 aromatic carbocycles. The molecule has 0 saturated carbocycles. The van der Waals surface area contributed by atoms with E-state index in [1.165, 1.54) is 6.08 Å². The zero-order valence-corrected chi connectivity index (χ0v) is 17.7. The van der Waals surface area contributed by atoms with Gasteiger partial charge < -0.3 is 24.5 Å². The third kappa shape index (κ3) is 6.48. The molecule has 0 aliphatic heterocycles. The zero-order valence-electron chi connectivity index (χ0n) is 16.9. The number of hydrogen-bond donors (Lipinski definition) is 4. The first-order valence-electron chi connectivity index (χ1n) is 8.84. The number of imidazole rings is 1. The van der Waals surface area contributed by atoms with Crippen LogP contribution in [-0.4, -0.2) is 37.2 Å². The Morgan fingerprint density at radius 3 is 2.06 bits per heavy atom. The summed E-state index contributed by atoms with van der Waals surface area (Å²) in [7, 11) is 0. The maximum atomic E-state index is 12.3. The number of carboxylic acid groups (broad SMARTS) is 1. The summed E-state index contributed by atoms with van der Waals surface area (Å²) >= 11 is 5.69. The molecule has 0 radical (unpaired) electrons. The van der Waals surface area contributed by atoms with Crippen LogP contribution in [0.15, 0.2) is 32.5 Å². The van der Waals surface area contributed by atoms with Gasteiger partial charge in [-0.15, -0.1) is 0 Å². The van der Waals surface area contributed by atoms with Crippen LogP contribution in [0.1, 0.15) is 37.9 Å². The van der Waals surface area contributed by atoms with E-state index in [0.717, 1.165) is 5.69 Å². The van der Waals surface area contributed by atoms with Crippen molar-refractivity contribution in [3.63, 3.8) is 0 Å². The number of nitrogens with zero attached hydrogens (tertiary/aromatic N) is 1. The highest BCUT2D eigenvalue weighted by Crippen LogP contribution is 2.22. The van der Waals surface area contributed by atoms with Crippen molar-refractivity contribution >= 4 is 29.7 Å². The largest absolute Gasteiger partial charge is 0.490 e. The van der Waals surface area contributed by atoms with Gasteiger partial charge in [-0.1, -0.05) is 20.8 Å². The molecular formula is C19H18ClF3N4O5. The van der Waals surface area contributed by atoms with Crippen LogP contribution in [0.4, 0.5) is 13.2 Å². The van der Waals surface area contributed by atoms with Crippen molar-refractivity contribution in [3.05, 3.63) is 72.2 Å². The average Bonchev–Trinajstić information content (AvgIpc) is 3.27. The molecule has 0 aliphatic rings. The number of furan rings is 1. The van der Waals surface area contributed by atoms with E-state index in [9.17, 15) is 22.8 Å². The highest BCUT2D eigenvalue weighted by atomic mass is 35.5. The van der Waals surface area contributed by atoms with Crippen LogP contribution in [0.25, 0.3) is 12.2 Å². The van der Waals surface area contributed by atoms with Crippen LogP contribution in [0, 0.1) is 0 Å². The number of rotatable bonds is 2. The summed E-state index contributed by atoms with van der Waals surface area (Å²) in [5.41, 5.74) is 0.399. The summed E-state index contributed by atoms with van der Waals surface area (Å²) in [6.07, 6.45) is -0.572. The molecule has 0 aliphatic carbocycles. The second-order valence-corrected chi connectivity index (χ2v) is 7.75. The van der Waals surface area contributed by atoms with E-state index in [4.69, 9.17) is 25.9 Å². The first kappa shape index (κ1) is 24.7. The molecule has 172 valence electrons. The quantitative estimate of drug-likeness (QED) is 0.444. The predicted molar refractivity (Wildman–Crippen MR) is 109 cm³/mol. The van der Waals surface area contributed by atoms with Gasteiger partial charge in [0.25, 0.3) is 11.1 Å². The molecule has 9 nitrogen and oxygen atoms in total. The monoisotopic (exact) mass is 474 g/mol. The zero-order chi connectivity index (χ0) is 24.3. The lowest BCUT2D eigenvalue weighted by Gasteiger charge is -2.16. The maximum Gasteiger partial charge on any atom is 0.490 e. The number of halogens is 4. The van der Waals surface area contributed by atoms with Crippen molar-refractivity contribution in [1.82, 2.24) is 19.9 Å². The lowest BCUT2D eigenvalue weighted by Crippen LogP contribution is -2.46. The van der Waals surface area contributed by atoms with Gasteiger partial charge in [0.05, 0.1) is 12.0 Å². The Balaban J connectivity index is 0.000000451. The van der Waals surface area contributed by atoms with E-state index in [1.807, 2.05) is 20.8 Å². The van der Waals surface area contributed by atoms with Crippen molar-refractivity contribution < 1.29 is 27.5 Å². The van der Waals surface area contributed by atoms with Crippen LogP contribution in [0.5, 0.6) is 0 Å². The van der Waals surface area contributed by atoms with Crippen molar-refractivity contribution in [2.24, 2.45) is 0 Å². The standard InChI is InChI=1S/C17H17ClN4O3.C2HF3O2/c1-17(2,3)14-10(19-8-20-14)7-12-16(24)21-11(15(23)22-12)6-9-4-5-13(18)25-9;3-2(4,5)1(6)7/h4-8H,1-3H3,(H,19,20)(H,21,24)(H,22,23);(H,6,7)/b11-6-,12-7-;. The molecular weight excluding hydrogens is 457 g/mol. The molecule has 0 spiro atoms. The molecule has 3 rings (SSSR count). The van der Waals surface area contributed by atoms with Gasteiger partial charge in [0.1, 0.15) is 16.5 Å². The lowest BCUT2D eigenvalue weighted by molar-refractivity contribution is -0.192. The highest BCUT2D eigenvalue weighted by molar-refractivity contribution is 6.28. The minimum Gasteiger partial charge on any atom is -0.475 e. The Hall–Kier alpha value is -3.54. The number of carbonyl (C=O) groups is 1. The van der Waals surface area contributed by atoms with Crippen molar-refractivity contribution in [1.29, 1.82) is 0 Å². The van der Waals surface area contributed by atoms with Crippen molar-refractivity contribution in [2.75, 3.05) is 0 Å². The van der Waals surface area contributed by atoms with E-state index in [-0.39, 0.29) is 21.3 Å². The molecule has 0 unspecified atom stereocenters. The number of H-pyrrole nitrogens is 3. The number of aliphatic carboxylic acids is 1. The molecule has 3 aromatic rings. The fourth-order valence-electron chi connectivity index (χ4n) is 2.40. The van der Waals surface area contributed by atoms with Crippen LogP contribution >= 0.6 is 11.6 Å². The highest BCUT2D eigenvalue weighted by Gasteiger charge is 2.38. The summed E-state index contributed by atoms with van der Waals surface area (Å²) in [6.45, 7) is 6.08. The maximum absolute atomic E-state index is 12.3. The Kier molecular flexibility index (Phi) is 7.19. The number of carboxylic acids is 1. The van der Waals surface area contributed by atoms with E-state index in [1.54, 1.807) is 24.5 Å². The second-order valence-electron chi connectivity index (χ2n) is 7.38. The van der Waals surface area contributed by atoms with Crippen LogP contribution in [0.2, 0.25) is 5.22 Å². The van der Waals surface area contributed by atoms with E-state index in [2.05, 4.69) is 19.9 Å². The van der Waals surface area contributed by atoms with Gasteiger partial charge in [-0.2, -0.15) is 13.2 Å². The Labute approximate surface area is 182 Å². The SMILES string of the molecule is CC(C)(C)c1[nH]cnc1/C=c1\[nH]c(=O)/c(=C/c2ccc(Cl)o2)[nH]c1=O.O=C(O)C(F)(F)F. The molecule has 0 atom stereocenters. The van der Waals surface area contributed by atoms with Crippen LogP contribution in [-0.2, 0) is 10.2 Å². The molecule has 3 heterocycles. The summed E-state index contributed by atoms with van der Waals surface area (Å²) in [5.74, 6) is -2.39. The smallest absolute Gasteiger partial charge is 0.475 e. The third-order valence-electron chi connectivity index (χ3n) is 3.81. The van der Waals surface area contributed by atoms with Gasteiger partial charge in [-0.05, 0) is 29.8 Å². The van der Waals surface area contributed by atoms with Gasteiger partial charge in [0.2, 0.25) is 0 Å². The first-order chi connectivity index (χ1) is 14.7. The number of hydrogen-bond acceptors (Lipinski definition) is 5. The number of aromatic amines is 3. The topological polar surface area (TPSA) is 145 Å². The van der Waals surface area contributed by atoms with E-state index >= 15 is 0 Å². The summed E-state index contributed by atoms with van der Waals surface area (Å²) < 4.78 is 36.9. The normalized spacial score (nSPS) is 13.1. The molecule has 0 saturated heterocycles. The van der Waals surface area contributed by atoms with Gasteiger partial charge in [0.15, 0.2) is 5.22 Å². The minimum atomic E-state index is -5.08. The molecule has 0 amide bonds. The predicted octanol–water partition coefficient (Wildman–Crippen LogP) is 1.62. The Morgan fingerprint density at radius 1 is 1.09 bits per heavy atom. The van der Waals surface area contributed by atoms with Crippen molar-refractivity contribution in [3.8, 4) is 0 Å². The van der Waals surface area contributed by atoms with Crippen molar-refractivity contribution in [2.45, 2.75) is 32.4 Å². The summed E-state index contributed by atoms with van der Waals surface area (Å²) in [4.78, 5) is 45.8. The Bertz CT molecular complexity index is 1340.